The maximum atomic E-state index is 12.3. The molecule has 130 valence electrons. The van der Waals surface area contributed by atoms with Crippen LogP contribution >= 0.6 is 0 Å². The van der Waals surface area contributed by atoms with Gasteiger partial charge in [0.15, 0.2) is 5.65 Å². The first kappa shape index (κ1) is 16.1. The molecule has 3 heterocycles. The van der Waals surface area contributed by atoms with E-state index in [0.717, 1.165) is 22.2 Å². The SMILES string of the molecule is Cc1nn(CC(=O)NCc2ccco2)c2nccc(-c3ccccc3)c12. The first-order valence-corrected chi connectivity index (χ1v) is 8.39. The van der Waals surface area contributed by atoms with Crippen LogP contribution in [0.15, 0.2) is 65.4 Å². The molecule has 6 heteroatoms. The number of benzene rings is 1. The van der Waals surface area contributed by atoms with E-state index in [1.165, 1.54) is 0 Å². The highest BCUT2D eigenvalue weighted by molar-refractivity contribution is 5.95. The Kier molecular flexibility index (Phi) is 4.23. The predicted molar refractivity (Wildman–Crippen MR) is 98.3 cm³/mol. The number of nitrogens with one attached hydrogen (secondary N) is 1. The van der Waals surface area contributed by atoms with Gasteiger partial charge in [0.2, 0.25) is 5.91 Å². The van der Waals surface area contributed by atoms with E-state index in [-0.39, 0.29) is 12.5 Å². The van der Waals surface area contributed by atoms with Crippen LogP contribution in [0, 0.1) is 6.92 Å². The Balaban J connectivity index is 1.61. The molecule has 0 fully saturated rings. The van der Waals surface area contributed by atoms with Gasteiger partial charge in [-0.3, -0.25) is 4.79 Å². The molecule has 26 heavy (non-hydrogen) atoms. The zero-order valence-electron chi connectivity index (χ0n) is 14.3. The lowest BCUT2D eigenvalue weighted by atomic mass is 10.0. The van der Waals surface area contributed by atoms with Crippen LogP contribution in [-0.4, -0.2) is 20.7 Å². The second-order valence-corrected chi connectivity index (χ2v) is 6.02. The van der Waals surface area contributed by atoms with Crippen molar-refractivity contribution in [2.24, 2.45) is 0 Å². The molecular weight excluding hydrogens is 328 g/mol. The van der Waals surface area contributed by atoms with Crippen molar-refractivity contribution in [2.75, 3.05) is 0 Å². The fraction of sp³-hybridized carbons (Fsp3) is 0.150. The largest absolute Gasteiger partial charge is 0.467 e. The third-order valence-corrected chi connectivity index (χ3v) is 4.23. The van der Waals surface area contributed by atoms with E-state index in [2.05, 4.69) is 27.5 Å². The highest BCUT2D eigenvalue weighted by atomic mass is 16.3. The Bertz CT molecular complexity index is 1040. The Morgan fingerprint density at radius 3 is 2.77 bits per heavy atom. The number of pyridine rings is 1. The van der Waals surface area contributed by atoms with Gasteiger partial charge < -0.3 is 9.73 Å². The van der Waals surface area contributed by atoms with Crippen LogP contribution in [0.2, 0.25) is 0 Å². The van der Waals surface area contributed by atoms with Crippen molar-refractivity contribution in [3.63, 3.8) is 0 Å². The van der Waals surface area contributed by atoms with Gasteiger partial charge in [0, 0.05) is 11.6 Å². The average Bonchev–Trinajstić information content (AvgIpc) is 3.29. The second kappa shape index (κ2) is 6.84. The number of furan rings is 1. The molecule has 1 aromatic carbocycles. The second-order valence-electron chi connectivity index (χ2n) is 6.02. The minimum absolute atomic E-state index is 0.107. The first-order valence-electron chi connectivity index (χ1n) is 8.39. The third-order valence-electron chi connectivity index (χ3n) is 4.23. The molecule has 1 amide bonds. The van der Waals surface area contributed by atoms with E-state index in [0.29, 0.717) is 18.0 Å². The van der Waals surface area contributed by atoms with Crippen molar-refractivity contribution in [2.45, 2.75) is 20.0 Å². The lowest BCUT2D eigenvalue weighted by molar-refractivity contribution is -0.122. The zero-order chi connectivity index (χ0) is 17.9. The zero-order valence-corrected chi connectivity index (χ0v) is 14.3. The molecule has 0 unspecified atom stereocenters. The van der Waals surface area contributed by atoms with Crippen LogP contribution in [0.3, 0.4) is 0 Å². The number of aryl methyl sites for hydroxylation is 1. The summed E-state index contributed by atoms with van der Waals surface area (Å²) in [5, 5.41) is 8.33. The number of amides is 1. The van der Waals surface area contributed by atoms with E-state index in [4.69, 9.17) is 4.42 Å². The number of fused-ring (bicyclic) bond motifs is 1. The third kappa shape index (κ3) is 3.09. The van der Waals surface area contributed by atoms with Gasteiger partial charge in [-0.2, -0.15) is 5.10 Å². The number of aromatic nitrogens is 3. The molecule has 3 aromatic heterocycles. The fourth-order valence-electron chi connectivity index (χ4n) is 3.04. The van der Waals surface area contributed by atoms with Gasteiger partial charge in [-0.15, -0.1) is 0 Å². The van der Waals surface area contributed by atoms with E-state index in [1.807, 2.05) is 37.3 Å². The topological polar surface area (TPSA) is 73.0 Å². The molecule has 0 aliphatic carbocycles. The minimum Gasteiger partial charge on any atom is -0.467 e. The lowest BCUT2D eigenvalue weighted by Crippen LogP contribution is -2.27. The van der Waals surface area contributed by atoms with Crippen LogP contribution < -0.4 is 5.32 Å². The van der Waals surface area contributed by atoms with Crippen molar-refractivity contribution in [3.05, 3.63) is 72.4 Å². The molecule has 0 aliphatic heterocycles. The van der Waals surface area contributed by atoms with Gasteiger partial charge >= 0.3 is 0 Å². The number of nitrogens with zero attached hydrogens (tertiary/aromatic N) is 3. The molecule has 4 aromatic rings. The summed E-state index contributed by atoms with van der Waals surface area (Å²) >= 11 is 0. The summed E-state index contributed by atoms with van der Waals surface area (Å²) in [6, 6.07) is 15.7. The van der Waals surface area contributed by atoms with Gasteiger partial charge in [0.25, 0.3) is 0 Å². The van der Waals surface area contributed by atoms with Crippen LogP contribution in [0.5, 0.6) is 0 Å². The quantitative estimate of drug-likeness (QED) is 0.602. The number of hydrogen-bond donors (Lipinski definition) is 1. The molecule has 0 aliphatic rings. The average molecular weight is 346 g/mol. The van der Waals surface area contributed by atoms with Crippen LogP contribution in [0.1, 0.15) is 11.5 Å². The summed E-state index contributed by atoms with van der Waals surface area (Å²) in [4.78, 5) is 16.7. The van der Waals surface area contributed by atoms with E-state index < -0.39 is 0 Å². The first-order chi connectivity index (χ1) is 12.7. The summed E-state index contributed by atoms with van der Waals surface area (Å²) in [6.45, 7) is 2.40. The van der Waals surface area contributed by atoms with Gasteiger partial charge in [0.05, 0.1) is 18.5 Å². The number of carbonyl (C=O) groups is 1. The molecular formula is C20H18N4O2. The Morgan fingerprint density at radius 2 is 2.00 bits per heavy atom. The fourth-order valence-corrected chi connectivity index (χ4v) is 3.04. The van der Waals surface area contributed by atoms with Gasteiger partial charge in [-0.1, -0.05) is 30.3 Å². The molecule has 1 N–H and O–H groups in total. The highest BCUT2D eigenvalue weighted by Gasteiger charge is 2.15. The number of rotatable bonds is 5. The van der Waals surface area contributed by atoms with E-state index >= 15 is 0 Å². The van der Waals surface area contributed by atoms with Crippen molar-refractivity contribution in [1.29, 1.82) is 0 Å². The van der Waals surface area contributed by atoms with Crippen molar-refractivity contribution >= 4 is 16.9 Å². The molecule has 0 radical (unpaired) electrons. The number of carbonyl (C=O) groups excluding carboxylic acids is 1. The van der Waals surface area contributed by atoms with Gasteiger partial charge in [0.1, 0.15) is 12.3 Å². The standard InChI is InChI=1S/C20H18N4O2/c1-14-19-17(15-6-3-2-4-7-15)9-10-21-20(19)24(23-14)13-18(25)22-12-16-8-5-11-26-16/h2-11H,12-13H2,1H3,(H,22,25). The Morgan fingerprint density at radius 1 is 1.15 bits per heavy atom. The summed E-state index contributed by atoms with van der Waals surface area (Å²) in [5.41, 5.74) is 3.72. The molecule has 6 nitrogen and oxygen atoms in total. The lowest BCUT2D eigenvalue weighted by Gasteiger charge is -2.06. The Labute approximate surface area is 150 Å². The summed E-state index contributed by atoms with van der Waals surface area (Å²) in [7, 11) is 0. The Hall–Kier alpha value is -3.41. The molecule has 0 saturated heterocycles. The van der Waals surface area contributed by atoms with Crippen LogP contribution in [-0.2, 0) is 17.9 Å². The predicted octanol–water partition coefficient (Wildman–Crippen LogP) is 3.32. The monoisotopic (exact) mass is 346 g/mol. The summed E-state index contributed by atoms with van der Waals surface area (Å²) in [6.07, 6.45) is 3.34. The van der Waals surface area contributed by atoms with E-state index in [9.17, 15) is 4.79 Å². The van der Waals surface area contributed by atoms with Gasteiger partial charge in [-0.05, 0) is 36.2 Å². The smallest absolute Gasteiger partial charge is 0.242 e. The maximum absolute atomic E-state index is 12.3. The van der Waals surface area contributed by atoms with Crippen molar-refractivity contribution in [3.8, 4) is 11.1 Å². The van der Waals surface area contributed by atoms with Crippen LogP contribution in [0.4, 0.5) is 0 Å². The number of hydrogen-bond acceptors (Lipinski definition) is 4. The van der Waals surface area contributed by atoms with E-state index in [1.54, 1.807) is 23.2 Å². The minimum atomic E-state index is -0.141. The molecule has 0 spiro atoms. The van der Waals surface area contributed by atoms with Gasteiger partial charge in [-0.25, -0.2) is 9.67 Å². The van der Waals surface area contributed by atoms with Crippen molar-refractivity contribution in [1.82, 2.24) is 20.1 Å². The molecule has 0 saturated carbocycles. The normalized spacial score (nSPS) is 11.0. The highest BCUT2D eigenvalue weighted by Crippen LogP contribution is 2.29. The van der Waals surface area contributed by atoms with Crippen LogP contribution in [0.25, 0.3) is 22.2 Å². The molecule has 0 bridgehead atoms. The summed E-state index contributed by atoms with van der Waals surface area (Å²) in [5.74, 6) is 0.571. The molecule has 0 atom stereocenters. The van der Waals surface area contributed by atoms with Crippen molar-refractivity contribution < 1.29 is 9.21 Å². The molecule has 4 rings (SSSR count). The summed E-state index contributed by atoms with van der Waals surface area (Å²) < 4.78 is 6.87. The maximum Gasteiger partial charge on any atom is 0.242 e.